The molecule has 0 bridgehead atoms. The minimum atomic E-state index is -0.805. The Kier molecular flexibility index (Phi) is 47.0. The topological polar surface area (TPSA) is 78.9 Å². The molecule has 62 heavy (non-hydrogen) atoms. The molecule has 0 aliphatic carbocycles. The van der Waals surface area contributed by atoms with Gasteiger partial charge in [-0.15, -0.1) is 0 Å². The number of carbonyl (C=O) groups is 3. The molecule has 6 nitrogen and oxygen atoms in total. The van der Waals surface area contributed by atoms with Crippen LogP contribution in [0.3, 0.4) is 0 Å². The van der Waals surface area contributed by atoms with E-state index in [9.17, 15) is 14.4 Å². The monoisotopic (exact) mass is 861 g/mol. The Hall–Kier alpha value is -3.67. The molecule has 0 heterocycles. The molecule has 352 valence electrons. The first-order chi connectivity index (χ1) is 30.5. The summed E-state index contributed by atoms with van der Waals surface area (Å²) in [6.45, 7) is 6.31. The molecule has 0 saturated heterocycles. The van der Waals surface area contributed by atoms with E-state index in [0.29, 0.717) is 19.3 Å². The van der Waals surface area contributed by atoms with E-state index < -0.39 is 6.10 Å². The van der Waals surface area contributed by atoms with E-state index >= 15 is 0 Å². The second kappa shape index (κ2) is 50.0. The Morgan fingerprint density at radius 3 is 1.18 bits per heavy atom. The smallest absolute Gasteiger partial charge is 0.306 e. The van der Waals surface area contributed by atoms with Crippen molar-refractivity contribution < 1.29 is 28.6 Å². The van der Waals surface area contributed by atoms with Crippen LogP contribution in [0.25, 0.3) is 0 Å². The van der Waals surface area contributed by atoms with Crippen LogP contribution in [-0.2, 0) is 28.6 Å². The first-order valence-corrected chi connectivity index (χ1v) is 25.3. The van der Waals surface area contributed by atoms with Gasteiger partial charge in [-0.2, -0.15) is 0 Å². The Morgan fingerprint density at radius 1 is 0.355 bits per heavy atom. The van der Waals surface area contributed by atoms with Gasteiger partial charge in [0.2, 0.25) is 0 Å². The quantitative estimate of drug-likeness (QED) is 0.0200. The molecule has 0 amide bonds. The van der Waals surface area contributed by atoms with Gasteiger partial charge in [-0.1, -0.05) is 221 Å². The maximum Gasteiger partial charge on any atom is 0.306 e. The maximum absolute atomic E-state index is 12.8. The van der Waals surface area contributed by atoms with Crippen molar-refractivity contribution in [3.05, 3.63) is 97.2 Å². The van der Waals surface area contributed by atoms with Crippen LogP contribution in [-0.4, -0.2) is 37.2 Å². The van der Waals surface area contributed by atoms with Crippen molar-refractivity contribution in [3.8, 4) is 0 Å². The van der Waals surface area contributed by atoms with Crippen LogP contribution in [0.1, 0.15) is 220 Å². The highest BCUT2D eigenvalue weighted by atomic mass is 16.6. The van der Waals surface area contributed by atoms with Gasteiger partial charge in [-0.05, 0) is 77.0 Å². The van der Waals surface area contributed by atoms with E-state index in [4.69, 9.17) is 14.2 Å². The molecular weight excluding hydrogens is 769 g/mol. The van der Waals surface area contributed by atoms with E-state index in [2.05, 4.69) is 81.5 Å². The first-order valence-electron chi connectivity index (χ1n) is 25.3. The van der Waals surface area contributed by atoms with Gasteiger partial charge in [0.15, 0.2) is 6.10 Å². The summed E-state index contributed by atoms with van der Waals surface area (Å²) in [6, 6.07) is 0. The van der Waals surface area contributed by atoms with Crippen LogP contribution in [0.15, 0.2) is 97.2 Å². The maximum atomic E-state index is 12.8. The predicted molar refractivity (Wildman–Crippen MR) is 265 cm³/mol. The van der Waals surface area contributed by atoms with Gasteiger partial charge in [0.1, 0.15) is 13.2 Å². The molecule has 1 unspecified atom stereocenters. The lowest BCUT2D eigenvalue weighted by Crippen LogP contribution is -2.30. The second-order valence-electron chi connectivity index (χ2n) is 16.4. The summed E-state index contributed by atoms with van der Waals surface area (Å²) >= 11 is 0. The molecule has 0 aromatic carbocycles. The Labute approximate surface area is 381 Å². The van der Waals surface area contributed by atoms with Gasteiger partial charge in [0.25, 0.3) is 0 Å². The summed E-state index contributed by atoms with van der Waals surface area (Å²) in [5.74, 6) is -0.976. The van der Waals surface area contributed by atoms with Gasteiger partial charge in [0.05, 0.1) is 0 Å². The lowest BCUT2D eigenvalue weighted by Gasteiger charge is -2.18. The molecule has 0 spiro atoms. The van der Waals surface area contributed by atoms with Crippen molar-refractivity contribution in [3.63, 3.8) is 0 Å². The fraction of sp³-hybridized carbons (Fsp3) is 0.661. The highest BCUT2D eigenvalue weighted by molar-refractivity contribution is 5.71. The summed E-state index contributed by atoms with van der Waals surface area (Å²) < 4.78 is 16.7. The summed E-state index contributed by atoms with van der Waals surface area (Å²) in [6.07, 6.45) is 65.3. The minimum absolute atomic E-state index is 0.106. The fourth-order valence-electron chi connectivity index (χ4n) is 6.68. The molecule has 0 aromatic heterocycles. The molecule has 0 aliphatic rings. The molecule has 1 atom stereocenters. The van der Waals surface area contributed by atoms with Gasteiger partial charge >= 0.3 is 17.9 Å². The van der Waals surface area contributed by atoms with Crippen molar-refractivity contribution in [2.24, 2.45) is 0 Å². The SMILES string of the molecule is CC/C=C/C=C/C=C/C=C/CCCCCC(=O)OCC(COC(=O)CCCCC/C=C/C/C=C/C/C=C/C/C=C/CC)OC(=O)CCCCCCCCCCCCCCCCC. The first kappa shape index (κ1) is 58.3. The van der Waals surface area contributed by atoms with Crippen molar-refractivity contribution in [1.29, 1.82) is 0 Å². The number of rotatable bonds is 44. The molecule has 0 rings (SSSR count). The number of allylic oxidation sites excluding steroid dienone is 16. The molecule has 0 radical (unpaired) electrons. The van der Waals surface area contributed by atoms with Crippen LogP contribution < -0.4 is 0 Å². The number of unbranched alkanes of at least 4 members (excludes halogenated alkanes) is 20. The Balaban J connectivity index is 4.49. The predicted octanol–water partition coefficient (Wildman–Crippen LogP) is 16.6. The lowest BCUT2D eigenvalue weighted by atomic mass is 10.0. The average Bonchev–Trinajstić information content (AvgIpc) is 3.27. The summed E-state index contributed by atoms with van der Waals surface area (Å²) in [7, 11) is 0. The van der Waals surface area contributed by atoms with E-state index in [1.807, 2.05) is 36.5 Å². The van der Waals surface area contributed by atoms with Crippen LogP contribution in [0.5, 0.6) is 0 Å². The van der Waals surface area contributed by atoms with Gasteiger partial charge < -0.3 is 14.2 Å². The third-order valence-electron chi connectivity index (χ3n) is 10.4. The highest BCUT2D eigenvalue weighted by Crippen LogP contribution is 2.15. The zero-order chi connectivity index (χ0) is 45.1. The van der Waals surface area contributed by atoms with Crippen molar-refractivity contribution in [2.45, 2.75) is 226 Å². The fourth-order valence-corrected chi connectivity index (χ4v) is 6.68. The molecule has 0 N–H and O–H groups in total. The second-order valence-corrected chi connectivity index (χ2v) is 16.4. The van der Waals surface area contributed by atoms with Crippen LogP contribution in [0.2, 0.25) is 0 Å². The van der Waals surface area contributed by atoms with Crippen molar-refractivity contribution in [1.82, 2.24) is 0 Å². The van der Waals surface area contributed by atoms with Crippen LogP contribution in [0, 0.1) is 0 Å². The van der Waals surface area contributed by atoms with Gasteiger partial charge in [0, 0.05) is 19.3 Å². The van der Waals surface area contributed by atoms with E-state index in [0.717, 1.165) is 103 Å². The van der Waals surface area contributed by atoms with E-state index in [1.54, 1.807) is 0 Å². The Morgan fingerprint density at radius 2 is 0.710 bits per heavy atom. The molecule has 6 heteroatoms. The average molecular weight is 861 g/mol. The zero-order valence-corrected chi connectivity index (χ0v) is 40.1. The lowest BCUT2D eigenvalue weighted by molar-refractivity contribution is -0.167. The number of ether oxygens (including phenoxy) is 3. The highest BCUT2D eigenvalue weighted by Gasteiger charge is 2.19. The van der Waals surface area contributed by atoms with E-state index in [1.165, 1.54) is 77.0 Å². The van der Waals surface area contributed by atoms with Crippen LogP contribution in [0.4, 0.5) is 0 Å². The minimum Gasteiger partial charge on any atom is -0.462 e. The summed E-state index contributed by atoms with van der Waals surface area (Å²) in [5, 5.41) is 0. The molecule has 0 fully saturated rings. The number of hydrogen-bond donors (Lipinski definition) is 0. The largest absolute Gasteiger partial charge is 0.462 e. The molecule has 0 aliphatic heterocycles. The normalized spacial score (nSPS) is 12.9. The number of esters is 3. The third kappa shape index (κ3) is 47.4. The van der Waals surface area contributed by atoms with Gasteiger partial charge in [-0.25, -0.2) is 0 Å². The third-order valence-corrected chi connectivity index (χ3v) is 10.4. The van der Waals surface area contributed by atoms with E-state index in [-0.39, 0.29) is 31.1 Å². The number of carbonyl (C=O) groups excluding carboxylic acids is 3. The van der Waals surface area contributed by atoms with Gasteiger partial charge in [-0.3, -0.25) is 14.4 Å². The molecule has 0 saturated carbocycles. The summed E-state index contributed by atoms with van der Waals surface area (Å²) in [5.41, 5.74) is 0. The number of hydrogen-bond acceptors (Lipinski definition) is 6. The Bertz CT molecular complexity index is 1260. The summed E-state index contributed by atoms with van der Waals surface area (Å²) in [4.78, 5) is 37.9. The zero-order valence-electron chi connectivity index (χ0n) is 40.1. The standard InChI is InChI=1S/C56H92O6/c1-4-7-10-13-16-19-22-25-27-29-31-34-37-40-43-46-49-55(58)61-52-53(51-60-54(57)48-45-42-39-36-33-30-24-21-18-15-12-9-6-3)62-56(59)50-47-44-41-38-35-32-28-26-23-20-17-14-11-8-5-2/h7,9-10,12,15-16,18-19,21,24-25,27,30-31,33-34,53H,4-6,8,11,13-14,17,20,22-23,26,28-29,32,35-52H2,1-3H3/b10-7+,12-9+,18-15+,19-16+,24-21+,27-25+,33-30+,34-31+. The molecular formula is C56H92O6. The van der Waals surface area contributed by atoms with Crippen LogP contribution >= 0.6 is 0 Å². The van der Waals surface area contributed by atoms with Crippen molar-refractivity contribution >= 4 is 17.9 Å². The van der Waals surface area contributed by atoms with Crippen molar-refractivity contribution in [2.75, 3.05) is 13.2 Å². The molecule has 0 aromatic rings.